The van der Waals surface area contributed by atoms with E-state index in [0.717, 1.165) is 0 Å². The first-order valence-corrected chi connectivity index (χ1v) is 15.1. The van der Waals surface area contributed by atoms with Crippen molar-refractivity contribution in [1.82, 2.24) is 0 Å². The molecule has 0 aliphatic carbocycles. The topological polar surface area (TPSA) is 9.23 Å². The van der Waals surface area contributed by atoms with Crippen LogP contribution in [0.3, 0.4) is 0 Å². The van der Waals surface area contributed by atoms with E-state index in [1.807, 2.05) is 0 Å². The van der Waals surface area contributed by atoms with Crippen molar-refractivity contribution in [1.29, 1.82) is 0 Å². The average Bonchev–Trinajstić information content (AvgIpc) is 2.14. The number of benzene rings is 1. The molecule has 1 radical (unpaired) electrons. The molecular formula is C12H20FOSn. The van der Waals surface area contributed by atoms with Gasteiger partial charge in [-0.1, -0.05) is 6.07 Å². The molecule has 0 unspecified atom stereocenters. The Balaban J connectivity index is 0.000000423. The molecule has 0 aliphatic heterocycles. The number of rotatable bonds is 3. The standard InChI is InChI=1S/C9H10FO.3CH3.Sn.H/c1-2-6-11-9-5-3-4-8(10)7-9;;;;;/h3-5,7H,1-2,6H2;3*1H3;;. The Labute approximate surface area is 99.4 Å². The first-order valence-electron chi connectivity index (χ1n) is 5.24. The van der Waals surface area contributed by atoms with Crippen molar-refractivity contribution in [2.45, 2.75) is 21.2 Å². The number of hydrogen-bond donors (Lipinski definition) is 0. The van der Waals surface area contributed by atoms with Crippen LogP contribution in [0.15, 0.2) is 24.3 Å². The fraction of sp³-hybridized carbons (Fsp3) is 0.417. The van der Waals surface area contributed by atoms with Crippen LogP contribution in [0.4, 0.5) is 4.39 Å². The zero-order valence-corrected chi connectivity index (χ0v) is 13.1. The quantitative estimate of drug-likeness (QED) is 0.775. The van der Waals surface area contributed by atoms with Crippen molar-refractivity contribution in [3.8, 4) is 5.75 Å². The van der Waals surface area contributed by atoms with Crippen LogP contribution < -0.4 is 4.74 Å². The summed E-state index contributed by atoms with van der Waals surface area (Å²) >= 11 is -0.637. The molecule has 0 saturated carbocycles. The van der Waals surface area contributed by atoms with Crippen molar-refractivity contribution in [2.75, 3.05) is 6.61 Å². The van der Waals surface area contributed by atoms with Crippen LogP contribution in [0.5, 0.6) is 5.75 Å². The van der Waals surface area contributed by atoms with Crippen LogP contribution in [-0.2, 0) is 0 Å². The van der Waals surface area contributed by atoms with Gasteiger partial charge in [-0.15, -0.1) is 0 Å². The van der Waals surface area contributed by atoms with Gasteiger partial charge in [-0.3, -0.25) is 0 Å². The van der Waals surface area contributed by atoms with Gasteiger partial charge in [0.25, 0.3) is 0 Å². The Morgan fingerprint density at radius 3 is 2.40 bits per heavy atom. The minimum atomic E-state index is -0.637. The van der Waals surface area contributed by atoms with Gasteiger partial charge in [0.05, 0.1) is 6.61 Å². The van der Waals surface area contributed by atoms with E-state index in [1.54, 1.807) is 12.1 Å². The summed E-state index contributed by atoms with van der Waals surface area (Å²) in [5.41, 5.74) is 0. The van der Waals surface area contributed by atoms with Crippen molar-refractivity contribution in [2.24, 2.45) is 0 Å². The monoisotopic (exact) mass is 319 g/mol. The second kappa shape index (κ2) is 9.01. The zero-order chi connectivity index (χ0) is 11.7. The molecule has 0 atom stereocenters. The van der Waals surface area contributed by atoms with Gasteiger partial charge in [0.1, 0.15) is 11.6 Å². The predicted octanol–water partition coefficient (Wildman–Crippen LogP) is 3.53. The second-order valence-corrected chi connectivity index (χ2v) is 13.8. The van der Waals surface area contributed by atoms with Crippen LogP contribution in [0.2, 0.25) is 14.8 Å². The Bertz CT molecular complexity index is 261. The van der Waals surface area contributed by atoms with Crippen LogP contribution in [0, 0.1) is 12.7 Å². The van der Waals surface area contributed by atoms with Gasteiger partial charge in [-0.25, -0.2) is 4.39 Å². The summed E-state index contributed by atoms with van der Waals surface area (Å²) in [6.45, 7) is 4.14. The van der Waals surface area contributed by atoms with E-state index in [0.29, 0.717) is 18.8 Å². The molecule has 0 bridgehead atoms. The van der Waals surface area contributed by atoms with Gasteiger partial charge in [0.2, 0.25) is 0 Å². The fourth-order valence-electron chi connectivity index (χ4n) is 0.747. The van der Waals surface area contributed by atoms with E-state index in [4.69, 9.17) is 4.74 Å². The minimum absolute atomic E-state index is 0.272. The van der Waals surface area contributed by atoms with E-state index in [9.17, 15) is 4.39 Å². The van der Waals surface area contributed by atoms with Gasteiger partial charge in [-0.2, -0.15) is 0 Å². The van der Waals surface area contributed by atoms with Gasteiger partial charge < -0.3 is 4.74 Å². The molecule has 0 fully saturated rings. The summed E-state index contributed by atoms with van der Waals surface area (Å²) in [6.07, 6.45) is 0.691. The number of halogens is 1. The van der Waals surface area contributed by atoms with Crippen molar-refractivity contribution < 1.29 is 9.13 Å². The molecule has 0 N–H and O–H groups in total. The first-order chi connectivity index (χ1) is 7.06. The maximum absolute atomic E-state index is 12.5. The Kier molecular flexibility index (Phi) is 8.86. The van der Waals surface area contributed by atoms with Crippen LogP contribution in [0.1, 0.15) is 6.42 Å². The van der Waals surface area contributed by atoms with Crippen LogP contribution >= 0.6 is 0 Å². The third kappa shape index (κ3) is 10.0. The van der Waals surface area contributed by atoms with E-state index < -0.39 is 19.8 Å². The summed E-state index contributed by atoms with van der Waals surface area (Å²) in [7, 11) is 0. The zero-order valence-electron chi connectivity index (χ0n) is 9.79. The summed E-state index contributed by atoms with van der Waals surface area (Å²) < 4.78 is 17.6. The summed E-state index contributed by atoms with van der Waals surface area (Å²) in [5.74, 6) is 0.292. The molecule has 1 aromatic rings. The average molecular weight is 318 g/mol. The van der Waals surface area contributed by atoms with Gasteiger partial charge in [-0.05, 0) is 25.5 Å². The molecule has 1 aromatic carbocycles. The molecule has 1 rings (SSSR count). The molecule has 0 spiro atoms. The van der Waals surface area contributed by atoms with E-state index >= 15 is 0 Å². The van der Waals surface area contributed by atoms with Crippen molar-refractivity contribution in [3.63, 3.8) is 0 Å². The predicted molar refractivity (Wildman–Crippen MR) is 66.6 cm³/mol. The summed E-state index contributed by atoms with van der Waals surface area (Å²) in [6, 6.07) is 6.08. The molecule has 0 saturated heterocycles. The van der Waals surface area contributed by atoms with Gasteiger partial charge in [0.15, 0.2) is 0 Å². The molecule has 3 heteroatoms. The first kappa shape index (κ1) is 14.7. The van der Waals surface area contributed by atoms with Gasteiger partial charge in [0, 0.05) is 6.07 Å². The van der Waals surface area contributed by atoms with E-state index in [1.165, 1.54) is 12.1 Å². The summed E-state index contributed by atoms with van der Waals surface area (Å²) in [4.78, 5) is 7.13. The number of hydrogen-bond acceptors (Lipinski definition) is 1. The van der Waals surface area contributed by atoms with E-state index in [2.05, 4.69) is 21.7 Å². The molecular weight excluding hydrogens is 298 g/mol. The second-order valence-electron chi connectivity index (χ2n) is 3.89. The third-order valence-corrected chi connectivity index (χ3v) is 1.21. The Hall–Kier alpha value is -0.251. The maximum atomic E-state index is 12.5. The normalized spacial score (nSPS) is 9.47. The Morgan fingerprint density at radius 2 is 1.93 bits per heavy atom. The number of ether oxygens (including phenoxy) is 1. The molecule has 85 valence electrons. The summed E-state index contributed by atoms with van der Waals surface area (Å²) in [5, 5.41) is 0. The van der Waals surface area contributed by atoms with Crippen LogP contribution in [0.25, 0.3) is 0 Å². The molecule has 1 nitrogen and oxygen atoms in total. The molecule has 0 heterocycles. The van der Waals surface area contributed by atoms with Crippen molar-refractivity contribution in [3.05, 3.63) is 37.0 Å². The SMILES string of the molecule is [CH2]CCOc1cccc(F)c1.[CH3][SnH]([CH3])[CH3]. The molecule has 0 amide bonds. The fourth-order valence-corrected chi connectivity index (χ4v) is 0.747. The van der Waals surface area contributed by atoms with Crippen LogP contribution in [-0.4, -0.2) is 26.4 Å². The molecule has 0 aromatic heterocycles. The molecule has 0 aliphatic rings. The van der Waals surface area contributed by atoms with Crippen molar-refractivity contribution >= 4 is 19.8 Å². The Morgan fingerprint density at radius 1 is 1.33 bits per heavy atom. The van der Waals surface area contributed by atoms with E-state index in [-0.39, 0.29) is 5.82 Å². The third-order valence-electron chi connectivity index (χ3n) is 1.21. The van der Waals surface area contributed by atoms with Gasteiger partial charge >= 0.3 is 34.6 Å². The molecule has 15 heavy (non-hydrogen) atoms.